The van der Waals surface area contributed by atoms with E-state index in [4.69, 9.17) is 19.1 Å². The molecule has 316 valence electrons. The Balaban J connectivity index is 4.45. The Hall–Kier alpha value is -2.59. The number of carbonyl (C=O) groups excluding carboxylic acids is 2. The highest BCUT2D eigenvalue weighted by atomic mass is 31.2. The summed E-state index contributed by atoms with van der Waals surface area (Å²) in [6.45, 7) is 2.17. The summed E-state index contributed by atoms with van der Waals surface area (Å²) in [5, 5.41) is 18.3. The molecule has 0 bridgehead atoms. The average molecular weight is 795 g/mol. The minimum Gasteiger partial charge on any atom is -0.462 e. The lowest BCUT2D eigenvalue weighted by molar-refractivity contribution is -0.161. The van der Waals surface area contributed by atoms with Gasteiger partial charge in [-0.2, -0.15) is 0 Å². The lowest BCUT2D eigenvalue weighted by Crippen LogP contribution is -2.29. The molecule has 10 nitrogen and oxygen atoms in total. The number of aliphatic hydroxyl groups excluding tert-OH is 2. The van der Waals surface area contributed by atoms with Crippen LogP contribution in [0.15, 0.2) is 72.9 Å². The van der Waals surface area contributed by atoms with Gasteiger partial charge in [0.15, 0.2) is 6.10 Å². The zero-order valence-corrected chi connectivity index (χ0v) is 35.0. The molecule has 0 aromatic rings. The monoisotopic (exact) mass is 795 g/mol. The van der Waals surface area contributed by atoms with Gasteiger partial charge in [-0.3, -0.25) is 18.6 Å². The van der Waals surface area contributed by atoms with Crippen molar-refractivity contribution in [3.05, 3.63) is 72.9 Å². The summed E-state index contributed by atoms with van der Waals surface area (Å²) in [4.78, 5) is 34.9. The number of rotatable bonds is 38. The molecular weight excluding hydrogens is 719 g/mol. The second kappa shape index (κ2) is 39.6. The van der Waals surface area contributed by atoms with Crippen LogP contribution in [0.1, 0.15) is 155 Å². The van der Waals surface area contributed by atoms with Crippen molar-refractivity contribution in [3.63, 3.8) is 0 Å². The van der Waals surface area contributed by atoms with Crippen molar-refractivity contribution in [2.45, 2.75) is 167 Å². The standard InChI is InChI=1S/C44H75O10P/c1-3-5-7-9-11-13-15-17-19-20-22-24-26-28-30-32-34-36-44(48)54-42(40-53-55(49,50)52-38-41(46)37-45)39-51-43(47)35-33-31-29-27-25-23-21-18-16-14-12-10-8-6-4-2/h5,7,11,13,17-19,21-22,24,28,30,41-42,45-46H,3-4,6,8-10,12,14-16,20,23,25-27,29,31-40H2,1-2H3,(H,49,50)/b7-5-,13-11-,19-17-,21-18-,24-22-,30-28-. The lowest BCUT2D eigenvalue weighted by atomic mass is 10.1. The summed E-state index contributed by atoms with van der Waals surface area (Å²) in [7, 11) is -4.64. The summed E-state index contributed by atoms with van der Waals surface area (Å²) < 4.78 is 32.6. The van der Waals surface area contributed by atoms with Crippen LogP contribution in [-0.4, -0.2) is 65.7 Å². The van der Waals surface area contributed by atoms with Gasteiger partial charge in [0.2, 0.25) is 0 Å². The van der Waals surface area contributed by atoms with Crippen LogP contribution in [0.3, 0.4) is 0 Å². The molecule has 0 fully saturated rings. The lowest BCUT2D eigenvalue weighted by Gasteiger charge is -2.20. The fraction of sp³-hybridized carbons (Fsp3) is 0.682. The molecule has 0 saturated heterocycles. The summed E-state index contributed by atoms with van der Waals surface area (Å²) in [5.74, 6) is -1.01. The van der Waals surface area contributed by atoms with Gasteiger partial charge in [-0.15, -0.1) is 0 Å². The highest BCUT2D eigenvalue weighted by Gasteiger charge is 2.27. The largest absolute Gasteiger partial charge is 0.472 e. The van der Waals surface area contributed by atoms with Crippen LogP contribution in [0.4, 0.5) is 0 Å². The van der Waals surface area contributed by atoms with Gasteiger partial charge in [0, 0.05) is 12.8 Å². The number of phosphoric acid groups is 1. The molecule has 3 N–H and O–H groups in total. The van der Waals surface area contributed by atoms with E-state index in [1.165, 1.54) is 38.5 Å². The first-order chi connectivity index (χ1) is 26.7. The smallest absolute Gasteiger partial charge is 0.462 e. The van der Waals surface area contributed by atoms with E-state index in [2.05, 4.69) is 79.1 Å². The van der Waals surface area contributed by atoms with E-state index in [0.717, 1.165) is 70.6 Å². The number of unbranched alkanes of at least 4 members (excludes halogenated alkanes) is 12. The van der Waals surface area contributed by atoms with Crippen LogP contribution in [-0.2, 0) is 32.7 Å². The van der Waals surface area contributed by atoms with Gasteiger partial charge in [-0.05, 0) is 77.0 Å². The van der Waals surface area contributed by atoms with Gasteiger partial charge >= 0.3 is 19.8 Å². The second-order valence-electron chi connectivity index (χ2n) is 13.6. The van der Waals surface area contributed by atoms with E-state index in [1.54, 1.807) is 0 Å². The van der Waals surface area contributed by atoms with E-state index in [-0.39, 0.29) is 19.4 Å². The van der Waals surface area contributed by atoms with Crippen LogP contribution >= 0.6 is 7.82 Å². The molecule has 0 saturated carbocycles. The first-order valence-electron chi connectivity index (χ1n) is 20.9. The highest BCUT2D eigenvalue weighted by Crippen LogP contribution is 2.43. The SMILES string of the molecule is CC/C=C\C/C=C\C/C=C\C/C=C\C/C=C\CCCC(=O)OC(COC(=O)CCCCCCC/C=C\CCCCCCCC)COP(=O)(O)OCC(O)CO. The van der Waals surface area contributed by atoms with Gasteiger partial charge in [-0.1, -0.05) is 138 Å². The van der Waals surface area contributed by atoms with Gasteiger partial charge in [0.25, 0.3) is 0 Å². The van der Waals surface area contributed by atoms with E-state index >= 15 is 0 Å². The molecule has 0 spiro atoms. The Bertz CT molecular complexity index is 1140. The Labute approximate surface area is 333 Å². The number of phosphoric ester groups is 1. The third kappa shape index (κ3) is 39.4. The minimum absolute atomic E-state index is 0.101. The van der Waals surface area contributed by atoms with Crippen LogP contribution in [0.2, 0.25) is 0 Å². The Morgan fingerprint density at radius 1 is 0.564 bits per heavy atom. The number of hydrogen-bond donors (Lipinski definition) is 3. The van der Waals surface area contributed by atoms with Gasteiger partial charge in [0.1, 0.15) is 12.7 Å². The van der Waals surface area contributed by atoms with E-state index in [1.807, 2.05) is 12.2 Å². The van der Waals surface area contributed by atoms with E-state index in [9.17, 15) is 24.2 Å². The third-order valence-electron chi connectivity index (χ3n) is 8.34. The summed E-state index contributed by atoms with van der Waals surface area (Å²) >= 11 is 0. The fourth-order valence-electron chi connectivity index (χ4n) is 5.14. The minimum atomic E-state index is -4.64. The zero-order chi connectivity index (χ0) is 40.5. The molecule has 3 unspecified atom stereocenters. The van der Waals surface area contributed by atoms with Crippen molar-refractivity contribution in [1.29, 1.82) is 0 Å². The van der Waals surface area contributed by atoms with Crippen molar-refractivity contribution in [2.75, 3.05) is 26.4 Å². The predicted molar refractivity (Wildman–Crippen MR) is 223 cm³/mol. The topological polar surface area (TPSA) is 149 Å². The number of esters is 2. The maximum atomic E-state index is 12.6. The Morgan fingerprint density at radius 2 is 1.02 bits per heavy atom. The number of aliphatic hydroxyl groups is 2. The Morgan fingerprint density at radius 3 is 1.58 bits per heavy atom. The first kappa shape index (κ1) is 52.4. The highest BCUT2D eigenvalue weighted by molar-refractivity contribution is 7.47. The van der Waals surface area contributed by atoms with Crippen molar-refractivity contribution in [3.8, 4) is 0 Å². The van der Waals surface area contributed by atoms with Crippen molar-refractivity contribution in [2.24, 2.45) is 0 Å². The molecular formula is C44H75O10P. The maximum absolute atomic E-state index is 12.6. The van der Waals surface area contributed by atoms with Crippen LogP contribution in [0.25, 0.3) is 0 Å². The molecule has 0 radical (unpaired) electrons. The number of carbonyl (C=O) groups is 2. The maximum Gasteiger partial charge on any atom is 0.472 e. The predicted octanol–water partition coefficient (Wildman–Crippen LogP) is 10.9. The van der Waals surface area contributed by atoms with Crippen LogP contribution < -0.4 is 0 Å². The number of ether oxygens (including phenoxy) is 2. The molecule has 3 atom stereocenters. The molecule has 0 aliphatic rings. The van der Waals surface area contributed by atoms with Crippen molar-refractivity contribution < 1.29 is 47.8 Å². The number of hydrogen-bond acceptors (Lipinski definition) is 9. The third-order valence-corrected chi connectivity index (χ3v) is 9.30. The molecule has 11 heteroatoms. The molecule has 0 heterocycles. The second-order valence-corrected chi connectivity index (χ2v) is 15.1. The molecule has 0 aromatic carbocycles. The normalized spacial score (nSPS) is 14.6. The average Bonchev–Trinajstić information content (AvgIpc) is 3.17. The van der Waals surface area contributed by atoms with Crippen molar-refractivity contribution >= 4 is 19.8 Å². The number of allylic oxidation sites excluding steroid dienone is 12. The van der Waals surface area contributed by atoms with E-state index in [0.29, 0.717) is 19.3 Å². The van der Waals surface area contributed by atoms with Crippen LogP contribution in [0.5, 0.6) is 0 Å². The summed E-state index contributed by atoms with van der Waals surface area (Å²) in [6, 6.07) is 0. The molecule has 55 heavy (non-hydrogen) atoms. The first-order valence-corrected chi connectivity index (χ1v) is 22.4. The molecule has 0 amide bonds. The van der Waals surface area contributed by atoms with E-state index < -0.39 is 51.8 Å². The summed E-state index contributed by atoms with van der Waals surface area (Å²) in [5.41, 5.74) is 0. The van der Waals surface area contributed by atoms with Gasteiger partial charge in [-0.25, -0.2) is 4.57 Å². The van der Waals surface area contributed by atoms with Gasteiger partial charge < -0.3 is 24.6 Å². The Kier molecular flexibility index (Phi) is 37.8. The molecule has 0 aliphatic heterocycles. The molecule has 0 aromatic heterocycles. The van der Waals surface area contributed by atoms with Crippen molar-refractivity contribution in [1.82, 2.24) is 0 Å². The zero-order valence-electron chi connectivity index (χ0n) is 34.1. The molecule has 0 aliphatic carbocycles. The quantitative estimate of drug-likeness (QED) is 0.0239. The van der Waals surface area contributed by atoms with Crippen LogP contribution in [0, 0.1) is 0 Å². The van der Waals surface area contributed by atoms with Gasteiger partial charge in [0.05, 0.1) is 19.8 Å². The fourth-order valence-corrected chi connectivity index (χ4v) is 5.93. The molecule has 0 rings (SSSR count). The summed E-state index contributed by atoms with van der Waals surface area (Å²) in [6.07, 6.45) is 44.5.